The van der Waals surface area contributed by atoms with Crippen LogP contribution >= 0.6 is 11.3 Å². The number of rotatable bonds is 3. The summed E-state index contributed by atoms with van der Waals surface area (Å²) in [5.74, 6) is 0.798. The van der Waals surface area contributed by atoms with Crippen molar-refractivity contribution in [3.8, 4) is 16.6 Å². The molecule has 0 aliphatic heterocycles. The molecule has 0 fully saturated rings. The largest absolute Gasteiger partial charge is 0.432 e. The molecule has 9 heteroatoms. The van der Waals surface area contributed by atoms with E-state index in [9.17, 15) is 4.79 Å². The van der Waals surface area contributed by atoms with E-state index in [4.69, 9.17) is 4.74 Å². The Morgan fingerprint density at radius 3 is 2.81 bits per heavy atom. The molecule has 0 spiro atoms. The summed E-state index contributed by atoms with van der Waals surface area (Å²) in [4.78, 5) is 29.4. The van der Waals surface area contributed by atoms with Crippen LogP contribution in [0, 0.1) is 20.8 Å². The van der Waals surface area contributed by atoms with Crippen molar-refractivity contribution < 1.29 is 9.53 Å². The van der Waals surface area contributed by atoms with Gasteiger partial charge in [-0.25, -0.2) is 25.2 Å². The molecule has 1 amide bonds. The van der Waals surface area contributed by atoms with Crippen LogP contribution in [0.5, 0.6) is 5.75 Å². The normalized spacial score (nSPS) is 10.9. The van der Waals surface area contributed by atoms with Gasteiger partial charge in [0.25, 0.3) is 0 Å². The predicted molar refractivity (Wildman–Crippen MR) is 102 cm³/mol. The Bertz CT molecular complexity index is 1150. The third kappa shape index (κ3) is 3.36. The van der Waals surface area contributed by atoms with Crippen LogP contribution in [-0.2, 0) is 0 Å². The molecule has 0 saturated heterocycles. The Kier molecular flexibility index (Phi) is 4.28. The second-order valence-electron chi connectivity index (χ2n) is 6.01. The number of nitrogens with one attached hydrogen (secondary N) is 1. The molecule has 0 unspecified atom stereocenters. The topological polar surface area (TPSA) is 94.8 Å². The summed E-state index contributed by atoms with van der Waals surface area (Å²) >= 11 is 1.47. The second-order valence-corrected chi connectivity index (χ2v) is 6.87. The first-order valence-electron chi connectivity index (χ1n) is 8.18. The van der Waals surface area contributed by atoms with Crippen molar-refractivity contribution in [3.63, 3.8) is 0 Å². The Labute approximate surface area is 158 Å². The molecule has 27 heavy (non-hydrogen) atoms. The number of thiazole rings is 1. The van der Waals surface area contributed by atoms with Gasteiger partial charge < -0.3 is 4.74 Å². The quantitative estimate of drug-likeness (QED) is 0.583. The summed E-state index contributed by atoms with van der Waals surface area (Å²) < 4.78 is 6.96. The fourth-order valence-corrected chi connectivity index (χ4v) is 3.41. The van der Waals surface area contributed by atoms with Gasteiger partial charge in [-0.1, -0.05) is 0 Å². The lowest BCUT2D eigenvalue weighted by atomic mass is 10.2. The summed E-state index contributed by atoms with van der Waals surface area (Å²) in [5.41, 5.74) is 5.96. The zero-order valence-corrected chi connectivity index (χ0v) is 15.7. The Morgan fingerprint density at radius 2 is 2.07 bits per heavy atom. The predicted octanol–water partition coefficient (Wildman–Crippen LogP) is 3.62. The summed E-state index contributed by atoms with van der Waals surface area (Å²) in [7, 11) is 0. The zero-order chi connectivity index (χ0) is 19.0. The van der Waals surface area contributed by atoms with Crippen molar-refractivity contribution in [2.24, 2.45) is 0 Å². The minimum absolute atomic E-state index is 0.288. The maximum Gasteiger partial charge on any atom is 0.432 e. The smallest absolute Gasteiger partial charge is 0.406 e. The van der Waals surface area contributed by atoms with Crippen molar-refractivity contribution in [2.45, 2.75) is 20.8 Å². The average molecular weight is 380 g/mol. The second kappa shape index (κ2) is 6.76. The molecule has 136 valence electrons. The molecule has 0 saturated carbocycles. The highest BCUT2D eigenvalue weighted by Crippen LogP contribution is 2.23. The molecular weight excluding hydrogens is 364 g/mol. The lowest BCUT2D eigenvalue weighted by molar-refractivity contribution is 0.211. The molecule has 1 N–H and O–H groups in total. The van der Waals surface area contributed by atoms with E-state index in [-0.39, 0.29) is 5.75 Å². The van der Waals surface area contributed by atoms with E-state index in [0.29, 0.717) is 11.5 Å². The fourth-order valence-electron chi connectivity index (χ4n) is 2.67. The summed E-state index contributed by atoms with van der Waals surface area (Å²) in [6.45, 7) is 5.63. The number of hydrogen-bond acceptors (Lipinski definition) is 7. The van der Waals surface area contributed by atoms with E-state index in [1.807, 2.05) is 31.5 Å². The van der Waals surface area contributed by atoms with Crippen molar-refractivity contribution in [1.82, 2.24) is 24.6 Å². The van der Waals surface area contributed by atoms with Gasteiger partial charge in [0.15, 0.2) is 16.6 Å². The van der Waals surface area contributed by atoms with Gasteiger partial charge in [-0.05, 0) is 32.4 Å². The monoisotopic (exact) mass is 380 g/mol. The number of nitrogens with zero attached hydrogens (tertiary/aromatic N) is 5. The first-order chi connectivity index (χ1) is 13.0. The molecule has 4 aromatic rings. The van der Waals surface area contributed by atoms with Crippen LogP contribution in [0.4, 0.5) is 4.79 Å². The first-order valence-corrected chi connectivity index (χ1v) is 9.06. The highest BCUT2D eigenvalue weighted by atomic mass is 32.1. The van der Waals surface area contributed by atoms with Gasteiger partial charge in [-0.2, -0.15) is 0 Å². The van der Waals surface area contributed by atoms with Crippen LogP contribution in [0.3, 0.4) is 0 Å². The summed E-state index contributed by atoms with van der Waals surface area (Å²) in [6, 6.07) is 1.89. The first kappa shape index (κ1) is 17.1. The molecule has 0 aliphatic carbocycles. The lowest BCUT2D eigenvalue weighted by Crippen LogP contribution is -2.25. The lowest BCUT2D eigenvalue weighted by Gasteiger charge is -2.10. The van der Waals surface area contributed by atoms with E-state index in [1.165, 1.54) is 17.5 Å². The number of pyridine rings is 1. The minimum atomic E-state index is -0.639. The third-order valence-electron chi connectivity index (χ3n) is 3.97. The number of amides is 1. The van der Waals surface area contributed by atoms with Gasteiger partial charge in [-0.15, -0.1) is 11.3 Å². The SMILES string of the molecule is Cc1csc(-c2ncc(OC(=O)Nn3cc(C)c4ccncc43)c(C)n2)n1. The maximum atomic E-state index is 12.3. The Hall–Kier alpha value is -3.33. The van der Waals surface area contributed by atoms with Crippen LogP contribution in [-0.4, -0.2) is 30.7 Å². The van der Waals surface area contributed by atoms with Crippen molar-refractivity contribution in [2.75, 3.05) is 5.43 Å². The molecule has 4 aromatic heterocycles. The van der Waals surface area contributed by atoms with Crippen LogP contribution in [0.15, 0.2) is 36.2 Å². The van der Waals surface area contributed by atoms with Gasteiger partial charge in [0.2, 0.25) is 0 Å². The molecule has 0 atom stereocenters. The number of fused-ring (bicyclic) bond motifs is 1. The summed E-state index contributed by atoms with van der Waals surface area (Å²) in [6.07, 6.45) is 6.05. The van der Waals surface area contributed by atoms with Gasteiger partial charge in [0.05, 0.1) is 23.6 Å². The molecule has 0 bridgehead atoms. The van der Waals surface area contributed by atoms with E-state index in [1.54, 1.807) is 24.0 Å². The minimum Gasteiger partial charge on any atom is -0.406 e. The van der Waals surface area contributed by atoms with Crippen molar-refractivity contribution in [3.05, 3.63) is 53.2 Å². The molecule has 4 rings (SSSR count). The zero-order valence-electron chi connectivity index (χ0n) is 14.9. The fraction of sp³-hybridized carbons (Fsp3) is 0.167. The van der Waals surface area contributed by atoms with E-state index >= 15 is 0 Å². The van der Waals surface area contributed by atoms with Gasteiger partial charge in [0, 0.05) is 28.9 Å². The number of aromatic nitrogens is 5. The Balaban J connectivity index is 1.52. The molecule has 8 nitrogen and oxygen atoms in total. The number of carbonyl (C=O) groups is 1. The van der Waals surface area contributed by atoms with Crippen molar-refractivity contribution in [1.29, 1.82) is 0 Å². The highest BCUT2D eigenvalue weighted by molar-refractivity contribution is 7.13. The molecular formula is C18H16N6O2S. The van der Waals surface area contributed by atoms with E-state index < -0.39 is 6.09 Å². The van der Waals surface area contributed by atoms with Gasteiger partial charge >= 0.3 is 6.09 Å². The van der Waals surface area contributed by atoms with Gasteiger partial charge in [-0.3, -0.25) is 9.66 Å². The summed E-state index contributed by atoms with van der Waals surface area (Å²) in [5, 5.41) is 3.67. The number of hydrogen-bond donors (Lipinski definition) is 1. The Morgan fingerprint density at radius 1 is 1.22 bits per heavy atom. The highest BCUT2D eigenvalue weighted by Gasteiger charge is 2.14. The van der Waals surface area contributed by atoms with Crippen LogP contribution in [0.2, 0.25) is 0 Å². The van der Waals surface area contributed by atoms with Crippen LogP contribution in [0.25, 0.3) is 21.7 Å². The van der Waals surface area contributed by atoms with Crippen LogP contribution in [0.1, 0.15) is 17.0 Å². The van der Waals surface area contributed by atoms with E-state index in [0.717, 1.165) is 27.2 Å². The molecule has 0 radical (unpaired) electrons. The standard InChI is InChI=1S/C18H16N6O2S/c1-10-8-24(14-6-19-5-4-13(10)14)23-18(25)26-15-7-20-16(22-12(15)3)17-21-11(2)9-27-17/h4-9H,1-3H3,(H,23,25). The van der Waals surface area contributed by atoms with Gasteiger partial charge in [0.1, 0.15) is 0 Å². The van der Waals surface area contributed by atoms with Crippen LogP contribution < -0.4 is 10.2 Å². The van der Waals surface area contributed by atoms with E-state index in [2.05, 4.69) is 25.4 Å². The molecule has 0 aliphatic rings. The molecule has 0 aromatic carbocycles. The number of carbonyl (C=O) groups excluding carboxylic acids is 1. The molecule has 4 heterocycles. The average Bonchev–Trinajstić information content (AvgIpc) is 3.21. The number of aryl methyl sites for hydroxylation is 3. The number of ether oxygens (including phenoxy) is 1. The maximum absolute atomic E-state index is 12.3. The van der Waals surface area contributed by atoms with Crippen molar-refractivity contribution >= 4 is 28.3 Å². The third-order valence-corrected chi connectivity index (χ3v) is 4.92.